The molecule has 0 saturated heterocycles. The fraction of sp³-hybridized carbons (Fsp3) is 0.400. The van der Waals surface area contributed by atoms with E-state index in [1.807, 2.05) is 25.4 Å². The van der Waals surface area contributed by atoms with Gasteiger partial charge < -0.3 is 15.7 Å². The number of aliphatic hydroxyl groups excluding tert-OH is 1. The summed E-state index contributed by atoms with van der Waals surface area (Å²) in [5, 5.41) is 21.5. The minimum Gasteiger partial charge on any atom is -0.393 e. The molecule has 0 aliphatic heterocycles. The van der Waals surface area contributed by atoms with Crippen LogP contribution in [0.5, 0.6) is 0 Å². The van der Waals surface area contributed by atoms with Crippen LogP contribution in [0.1, 0.15) is 43.5 Å². The number of anilines is 3. The first kappa shape index (κ1) is 24.9. The molecule has 2 fully saturated rings. The molecule has 4 aromatic rings. The second-order valence-electron chi connectivity index (χ2n) is 9.74. The van der Waals surface area contributed by atoms with Gasteiger partial charge in [0.2, 0.25) is 0 Å². The molecule has 4 heterocycles. The summed E-state index contributed by atoms with van der Waals surface area (Å²) in [5.41, 5.74) is 2.43. The Morgan fingerprint density at radius 1 is 1.03 bits per heavy atom. The lowest BCUT2D eigenvalue weighted by atomic mass is 9.93. The van der Waals surface area contributed by atoms with Crippen LogP contribution in [-0.4, -0.2) is 60.0 Å². The molecular weight excluding hydrogens is 524 g/mol. The van der Waals surface area contributed by atoms with Crippen LogP contribution >= 0.6 is 11.3 Å². The predicted octanol–water partition coefficient (Wildman–Crippen LogP) is 3.97. The van der Waals surface area contributed by atoms with E-state index in [1.54, 1.807) is 23.6 Å². The molecule has 6 rings (SSSR count). The summed E-state index contributed by atoms with van der Waals surface area (Å²) in [7, 11) is -3.46. The molecule has 0 spiro atoms. The van der Waals surface area contributed by atoms with E-state index < -0.39 is 10.0 Å². The molecule has 0 aromatic carbocycles. The number of aryl methyl sites for hydroxylation is 1. The van der Waals surface area contributed by atoms with Gasteiger partial charge in [-0.2, -0.15) is 9.19 Å². The molecule has 0 bridgehead atoms. The van der Waals surface area contributed by atoms with Crippen LogP contribution in [0, 0.1) is 6.92 Å². The molecule has 2 aliphatic carbocycles. The van der Waals surface area contributed by atoms with Gasteiger partial charge in [-0.3, -0.25) is 0 Å². The highest BCUT2D eigenvalue weighted by Gasteiger charge is 2.37. The van der Waals surface area contributed by atoms with Crippen molar-refractivity contribution in [2.45, 2.75) is 62.8 Å². The van der Waals surface area contributed by atoms with Crippen LogP contribution in [0.25, 0.3) is 21.8 Å². The number of aliphatic hydroxyl groups is 1. The topological polar surface area (TPSA) is 148 Å². The maximum absolute atomic E-state index is 12.5. The Morgan fingerprint density at radius 3 is 2.58 bits per heavy atom. The molecule has 2 aliphatic rings. The van der Waals surface area contributed by atoms with Crippen LogP contribution < -0.4 is 10.6 Å². The standard InChI is InChI=1S/C25H28N8O3S2/c1-15-27-13-22(37-15)20-12-28-24(10-21(20)30-17-2-4-18(34)5-3-17)31-23-8-9-26-25(32-23)16-11-29-33(14-16)38(35,36)19-6-7-19/h8-14,17-19,34H,2-7H2,1H3,(H2,26,28,30,31,32). The molecule has 4 aromatic heterocycles. The number of hydrogen-bond acceptors (Lipinski definition) is 11. The van der Waals surface area contributed by atoms with Crippen molar-refractivity contribution >= 4 is 38.7 Å². The minimum absolute atomic E-state index is 0.223. The van der Waals surface area contributed by atoms with Gasteiger partial charge in [0.25, 0.3) is 10.0 Å². The van der Waals surface area contributed by atoms with E-state index in [-0.39, 0.29) is 17.4 Å². The smallest absolute Gasteiger partial charge is 0.256 e. The Labute approximate surface area is 224 Å². The first-order valence-electron chi connectivity index (χ1n) is 12.6. The molecule has 13 heteroatoms. The van der Waals surface area contributed by atoms with Gasteiger partial charge in [0.1, 0.15) is 11.6 Å². The first-order chi connectivity index (χ1) is 18.3. The molecule has 0 radical (unpaired) electrons. The van der Waals surface area contributed by atoms with Crippen LogP contribution in [0.4, 0.5) is 17.3 Å². The number of hydrogen-bond donors (Lipinski definition) is 3. The van der Waals surface area contributed by atoms with Gasteiger partial charge >= 0.3 is 0 Å². The van der Waals surface area contributed by atoms with Crippen molar-refractivity contribution in [2.75, 3.05) is 10.6 Å². The van der Waals surface area contributed by atoms with E-state index in [9.17, 15) is 13.5 Å². The number of rotatable bonds is 8. The van der Waals surface area contributed by atoms with Gasteiger partial charge in [-0.15, -0.1) is 11.3 Å². The van der Waals surface area contributed by atoms with E-state index in [0.717, 1.165) is 50.9 Å². The summed E-state index contributed by atoms with van der Waals surface area (Å²) in [6, 6.07) is 3.94. The van der Waals surface area contributed by atoms with Gasteiger partial charge in [-0.05, 0) is 51.5 Å². The largest absolute Gasteiger partial charge is 0.393 e. The fourth-order valence-corrected chi connectivity index (χ4v) is 6.82. The number of thiazole rings is 1. The highest BCUT2D eigenvalue weighted by atomic mass is 32.2. The Kier molecular flexibility index (Phi) is 6.58. The second kappa shape index (κ2) is 10.0. The number of pyridine rings is 1. The zero-order chi connectivity index (χ0) is 26.3. The zero-order valence-electron chi connectivity index (χ0n) is 20.8. The van der Waals surface area contributed by atoms with E-state index in [4.69, 9.17) is 0 Å². The van der Waals surface area contributed by atoms with Gasteiger partial charge in [0.15, 0.2) is 5.82 Å². The third-order valence-electron chi connectivity index (χ3n) is 6.78. The van der Waals surface area contributed by atoms with Crippen LogP contribution in [-0.2, 0) is 10.0 Å². The normalized spacial score (nSPS) is 19.8. The Balaban J connectivity index is 1.25. The van der Waals surface area contributed by atoms with Gasteiger partial charge in [-0.1, -0.05) is 0 Å². The van der Waals surface area contributed by atoms with Crippen molar-refractivity contribution in [1.82, 2.24) is 29.1 Å². The van der Waals surface area contributed by atoms with Crippen molar-refractivity contribution in [3.63, 3.8) is 0 Å². The molecule has 0 atom stereocenters. The van der Waals surface area contributed by atoms with E-state index in [2.05, 4.69) is 35.7 Å². The second-order valence-corrected chi connectivity index (χ2v) is 13.1. The lowest BCUT2D eigenvalue weighted by molar-refractivity contribution is 0.126. The quantitative estimate of drug-likeness (QED) is 0.293. The van der Waals surface area contributed by atoms with Gasteiger partial charge in [0, 0.05) is 41.9 Å². The summed E-state index contributed by atoms with van der Waals surface area (Å²) < 4.78 is 26.0. The lowest BCUT2D eigenvalue weighted by Gasteiger charge is -2.28. The zero-order valence-corrected chi connectivity index (χ0v) is 22.4. The maximum atomic E-state index is 12.5. The lowest BCUT2D eigenvalue weighted by Crippen LogP contribution is -2.28. The van der Waals surface area contributed by atoms with Crippen molar-refractivity contribution in [2.24, 2.45) is 0 Å². The van der Waals surface area contributed by atoms with Crippen molar-refractivity contribution < 1.29 is 13.5 Å². The van der Waals surface area contributed by atoms with Crippen molar-refractivity contribution in [3.8, 4) is 21.8 Å². The average molecular weight is 553 g/mol. The summed E-state index contributed by atoms with van der Waals surface area (Å²) >= 11 is 1.61. The molecule has 198 valence electrons. The third-order valence-corrected chi connectivity index (χ3v) is 9.76. The molecule has 11 nitrogen and oxygen atoms in total. The highest BCUT2D eigenvalue weighted by Crippen LogP contribution is 2.35. The minimum atomic E-state index is -3.46. The van der Waals surface area contributed by atoms with Gasteiger partial charge in [-0.25, -0.2) is 28.4 Å². The monoisotopic (exact) mass is 552 g/mol. The van der Waals surface area contributed by atoms with E-state index in [0.29, 0.717) is 35.9 Å². The summed E-state index contributed by atoms with van der Waals surface area (Å²) in [4.78, 5) is 18.9. The van der Waals surface area contributed by atoms with Gasteiger partial charge in [0.05, 0.1) is 39.2 Å². The van der Waals surface area contributed by atoms with E-state index >= 15 is 0 Å². The Bertz CT molecular complexity index is 1560. The molecule has 38 heavy (non-hydrogen) atoms. The predicted molar refractivity (Wildman–Crippen MR) is 146 cm³/mol. The molecule has 2 saturated carbocycles. The maximum Gasteiger partial charge on any atom is 0.256 e. The average Bonchev–Trinajstić information content (AvgIpc) is 3.50. The molecule has 0 unspecified atom stereocenters. The summed E-state index contributed by atoms with van der Waals surface area (Å²) in [6.45, 7) is 1.98. The van der Waals surface area contributed by atoms with Crippen molar-refractivity contribution in [3.05, 3.63) is 48.1 Å². The molecule has 0 amide bonds. The Morgan fingerprint density at radius 2 is 1.84 bits per heavy atom. The Hall–Kier alpha value is -3.42. The van der Waals surface area contributed by atoms with Crippen LogP contribution in [0.3, 0.4) is 0 Å². The summed E-state index contributed by atoms with van der Waals surface area (Å²) in [5.74, 6) is 1.49. The number of nitrogens with zero attached hydrogens (tertiary/aromatic N) is 6. The SMILES string of the molecule is Cc1ncc(-c2cnc(Nc3ccnc(-c4cnn(S(=O)(=O)C5CC5)c4)n3)cc2NC2CCC(O)CC2)s1. The molecule has 3 N–H and O–H groups in total. The highest BCUT2D eigenvalue weighted by molar-refractivity contribution is 7.90. The first-order valence-corrected chi connectivity index (χ1v) is 14.9. The number of aromatic nitrogens is 6. The van der Waals surface area contributed by atoms with Crippen LogP contribution in [0.15, 0.2) is 43.1 Å². The molecular formula is C25H28N8O3S2. The summed E-state index contributed by atoms with van der Waals surface area (Å²) in [6.07, 6.45) is 12.7. The third kappa shape index (κ3) is 5.26. The number of nitrogens with one attached hydrogen (secondary N) is 2. The van der Waals surface area contributed by atoms with Crippen LogP contribution in [0.2, 0.25) is 0 Å². The fourth-order valence-electron chi connectivity index (χ4n) is 4.54. The van der Waals surface area contributed by atoms with E-state index in [1.165, 1.54) is 12.4 Å². The van der Waals surface area contributed by atoms with Crippen molar-refractivity contribution in [1.29, 1.82) is 0 Å².